The van der Waals surface area contributed by atoms with Crippen LogP contribution in [-0.2, 0) is 24.2 Å². The molecule has 0 unspecified atom stereocenters. The molecule has 4 heteroatoms. The lowest BCUT2D eigenvalue weighted by molar-refractivity contribution is 0.0248. The highest BCUT2D eigenvalue weighted by Gasteiger charge is 2.25. The van der Waals surface area contributed by atoms with Crippen LogP contribution in [0.5, 0.6) is 0 Å². The molecule has 0 spiro atoms. The maximum atomic E-state index is 6.21. The lowest BCUT2D eigenvalue weighted by Crippen LogP contribution is -2.38. The van der Waals surface area contributed by atoms with Gasteiger partial charge in [-0.25, -0.2) is 9.97 Å². The third kappa shape index (κ3) is 3.75. The predicted molar refractivity (Wildman–Crippen MR) is 105 cm³/mol. The van der Waals surface area contributed by atoms with Crippen molar-refractivity contribution in [3.05, 3.63) is 52.5 Å². The molecule has 1 aliphatic carbocycles. The van der Waals surface area contributed by atoms with E-state index >= 15 is 0 Å². The van der Waals surface area contributed by atoms with Gasteiger partial charge in [0, 0.05) is 24.3 Å². The fourth-order valence-corrected chi connectivity index (χ4v) is 4.17. The van der Waals surface area contributed by atoms with Gasteiger partial charge in [-0.15, -0.1) is 0 Å². The Kier molecular flexibility index (Phi) is 5.21. The number of hydrogen-bond acceptors (Lipinski definition) is 4. The zero-order valence-corrected chi connectivity index (χ0v) is 16.0. The van der Waals surface area contributed by atoms with Crippen molar-refractivity contribution in [2.75, 3.05) is 18.0 Å². The fourth-order valence-electron chi connectivity index (χ4n) is 4.17. The van der Waals surface area contributed by atoms with Gasteiger partial charge < -0.3 is 9.64 Å². The van der Waals surface area contributed by atoms with Crippen molar-refractivity contribution in [2.24, 2.45) is 0 Å². The maximum absolute atomic E-state index is 6.21. The number of hydrogen-bond donors (Lipinski definition) is 0. The van der Waals surface area contributed by atoms with Crippen molar-refractivity contribution >= 4 is 5.82 Å². The number of anilines is 1. The van der Waals surface area contributed by atoms with Crippen molar-refractivity contribution in [1.82, 2.24) is 9.97 Å². The first-order valence-electron chi connectivity index (χ1n) is 9.98. The van der Waals surface area contributed by atoms with Crippen LogP contribution in [0.2, 0.25) is 0 Å². The Labute approximate surface area is 156 Å². The lowest BCUT2D eigenvalue weighted by atomic mass is 9.95. The molecule has 0 N–H and O–H groups in total. The molecular weight excluding hydrogens is 322 g/mol. The van der Waals surface area contributed by atoms with Crippen molar-refractivity contribution in [1.29, 1.82) is 0 Å². The van der Waals surface area contributed by atoms with Gasteiger partial charge in [-0.2, -0.15) is 0 Å². The van der Waals surface area contributed by atoms with Gasteiger partial charge in [0.05, 0.1) is 12.7 Å². The summed E-state index contributed by atoms with van der Waals surface area (Å²) in [5, 5.41) is 0. The number of ether oxygens (including phenoxy) is 1. The van der Waals surface area contributed by atoms with Crippen LogP contribution < -0.4 is 4.90 Å². The van der Waals surface area contributed by atoms with Crippen LogP contribution in [0.3, 0.4) is 0 Å². The summed E-state index contributed by atoms with van der Waals surface area (Å²) in [5.74, 6) is 2.11. The van der Waals surface area contributed by atoms with Gasteiger partial charge >= 0.3 is 0 Å². The molecule has 4 rings (SSSR count). The molecule has 0 atom stereocenters. The van der Waals surface area contributed by atoms with Crippen molar-refractivity contribution in [3.63, 3.8) is 0 Å². The van der Waals surface area contributed by atoms with Crippen LogP contribution >= 0.6 is 0 Å². The minimum absolute atomic E-state index is 0.351. The molecule has 2 aromatic rings. The van der Waals surface area contributed by atoms with E-state index in [0.29, 0.717) is 6.10 Å². The van der Waals surface area contributed by atoms with Gasteiger partial charge in [-0.1, -0.05) is 24.3 Å². The highest BCUT2D eigenvalue weighted by atomic mass is 16.5. The normalized spacial score (nSPS) is 18.0. The lowest BCUT2D eigenvalue weighted by Gasteiger charge is -2.35. The maximum Gasteiger partial charge on any atom is 0.135 e. The Morgan fingerprint density at radius 3 is 2.62 bits per heavy atom. The third-order valence-corrected chi connectivity index (χ3v) is 5.75. The first kappa shape index (κ1) is 17.5. The first-order valence-corrected chi connectivity index (χ1v) is 9.98. The summed E-state index contributed by atoms with van der Waals surface area (Å²) in [5.41, 5.74) is 5.31. The fraction of sp³-hybridized carbons (Fsp3) is 0.545. The number of benzene rings is 1. The standard InChI is InChI=1S/C22H29N3O/c1-16-7-3-4-8-18(16)15-26-19-11-13-25(14-12-19)22-20-9-5-6-10-21(20)23-17(2)24-22/h3-4,7-8,19H,5-6,9-15H2,1-2H3. The van der Waals surface area contributed by atoms with Crippen LogP contribution in [0.4, 0.5) is 5.82 Å². The summed E-state index contributed by atoms with van der Waals surface area (Å²) in [6.07, 6.45) is 7.27. The molecule has 1 saturated heterocycles. The average molecular weight is 351 g/mol. The molecule has 1 aliphatic heterocycles. The van der Waals surface area contributed by atoms with Crippen molar-refractivity contribution < 1.29 is 4.74 Å². The number of piperidine rings is 1. The molecule has 2 aliphatic rings. The second-order valence-electron chi connectivity index (χ2n) is 7.65. The van der Waals surface area contributed by atoms with E-state index in [4.69, 9.17) is 14.7 Å². The summed E-state index contributed by atoms with van der Waals surface area (Å²) in [4.78, 5) is 12.0. The van der Waals surface area contributed by atoms with Crippen LogP contribution in [0.15, 0.2) is 24.3 Å². The van der Waals surface area contributed by atoms with E-state index in [0.717, 1.165) is 51.2 Å². The van der Waals surface area contributed by atoms with E-state index in [-0.39, 0.29) is 0 Å². The molecule has 1 aromatic heterocycles. The molecule has 0 saturated carbocycles. The smallest absolute Gasteiger partial charge is 0.135 e. The van der Waals surface area contributed by atoms with E-state index in [2.05, 4.69) is 36.1 Å². The largest absolute Gasteiger partial charge is 0.373 e. The van der Waals surface area contributed by atoms with Gasteiger partial charge in [0.2, 0.25) is 0 Å². The average Bonchev–Trinajstić information content (AvgIpc) is 2.67. The van der Waals surface area contributed by atoms with E-state index in [1.807, 2.05) is 6.92 Å². The van der Waals surface area contributed by atoms with Gasteiger partial charge in [-0.3, -0.25) is 0 Å². The zero-order chi connectivity index (χ0) is 17.9. The second-order valence-corrected chi connectivity index (χ2v) is 7.65. The van der Waals surface area contributed by atoms with Crippen LogP contribution in [-0.4, -0.2) is 29.2 Å². The van der Waals surface area contributed by atoms with Crippen LogP contribution in [0.1, 0.15) is 53.9 Å². The molecule has 0 radical (unpaired) electrons. The number of rotatable bonds is 4. The van der Waals surface area contributed by atoms with Crippen molar-refractivity contribution in [2.45, 2.75) is 65.1 Å². The van der Waals surface area contributed by atoms with Crippen LogP contribution in [0, 0.1) is 13.8 Å². The molecule has 1 aromatic carbocycles. The van der Waals surface area contributed by atoms with Gasteiger partial charge in [0.1, 0.15) is 11.6 Å². The Morgan fingerprint density at radius 2 is 1.81 bits per heavy atom. The molecule has 2 heterocycles. The number of aromatic nitrogens is 2. The third-order valence-electron chi connectivity index (χ3n) is 5.75. The summed E-state index contributed by atoms with van der Waals surface area (Å²) in [6, 6.07) is 8.50. The van der Waals surface area contributed by atoms with Gasteiger partial charge in [0.25, 0.3) is 0 Å². The topological polar surface area (TPSA) is 38.2 Å². The molecule has 138 valence electrons. The minimum atomic E-state index is 0.351. The number of nitrogens with zero attached hydrogens (tertiary/aromatic N) is 3. The molecule has 0 amide bonds. The second kappa shape index (κ2) is 7.75. The molecular formula is C22H29N3O. The van der Waals surface area contributed by atoms with E-state index in [1.54, 1.807) is 0 Å². The van der Waals surface area contributed by atoms with E-state index in [1.165, 1.54) is 41.0 Å². The highest BCUT2D eigenvalue weighted by molar-refractivity contribution is 5.50. The SMILES string of the molecule is Cc1nc2c(c(N3CCC(OCc4ccccc4C)CC3)n1)CCCC2. The number of fused-ring (bicyclic) bond motifs is 1. The van der Waals surface area contributed by atoms with Crippen molar-refractivity contribution in [3.8, 4) is 0 Å². The van der Waals surface area contributed by atoms with Gasteiger partial charge in [-0.05, 0) is 63.5 Å². The Morgan fingerprint density at radius 1 is 1.04 bits per heavy atom. The molecule has 4 nitrogen and oxygen atoms in total. The molecule has 0 bridgehead atoms. The minimum Gasteiger partial charge on any atom is -0.373 e. The highest BCUT2D eigenvalue weighted by Crippen LogP contribution is 2.30. The summed E-state index contributed by atoms with van der Waals surface area (Å²) >= 11 is 0. The Balaban J connectivity index is 1.38. The summed E-state index contributed by atoms with van der Waals surface area (Å²) in [6.45, 7) is 6.96. The summed E-state index contributed by atoms with van der Waals surface area (Å²) in [7, 11) is 0. The first-order chi connectivity index (χ1) is 12.7. The molecule has 26 heavy (non-hydrogen) atoms. The van der Waals surface area contributed by atoms with Gasteiger partial charge in [0.15, 0.2) is 0 Å². The Hall–Kier alpha value is -1.94. The predicted octanol–water partition coefficient (Wildman–Crippen LogP) is 4.16. The quantitative estimate of drug-likeness (QED) is 0.829. The van der Waals surface area contributed by atoms with E-state index in [9.17, 15) is 0 Å². The Bertz CT molecular complexity index is 766. The van der Waals surface area contributed by atoms with E-state index < -0.39 is 0 Å². The van der Waals surface area contributed by atoms with Crippen LogP contribution in [0.25, 0.3) is 0 Å². The zero-order valence-electron chi connectivity index (χ0n) is 16.0. The molecule has 1 fully saturated rings. The monoisotopic (exact) mass is 351 g/mol. The summed E-state index contributed by atoms with van der Waals surface area (Å²) < 4.78 is 6.21. The number of aryl methyl sites for hydroxylation is 3.